The van der Waals surface area contributed by atoms with Gasteiger partial charge in [0.2, 0.25) is 0 Å². The van der Waals surface area contributed by atoms with Gasteiger partial charge in [-0.15, -0.1) is 0 Å². The van der Waals surface area contributed by atoms with Crippen LogP contribution in [0.15, 0.2) is 41.9 Å². The highest BCUT2D eigenvalue weighted by Crippen LogP contribution is 2.27. The van der Waals surface area contributed by atoms with Gasteiger partial charge in [0.05, 0.1) is 30.6 Å². The lowest BCUT2D eigenvalue weighted by atomic mass is 10.3. The number of halogens is 2. The number of anilines is 2. The number of carbonyl (C=O) groups excluding carboxylic acids is 1. The maximum atomic E-state index is 12.5. The summed E-state index contributed by atoms with van der Waals surface area (Å²) in [6.07, 6.45) is 1.68. The molecule has 3 rings (SSSR count). The predicted molar refractivity (Wildman–Crippen MR) is 110 cm³/mol. The molecule has 2 aromatic heterocycles. The number of amides is 1. The van der Waals surface area contributed by atoms with Crippen LogP contribution in [0.25, 0.3) is 0 Å². The van der Waals surface area contributed by atoms with Gasteiger partial charge in [-0.3, -0.25) is 4.79 Å². The van der Waals surface area contributed by atoms with Crippen LogP contribution >= 0.6 is 34.7 Å². The van der Waals surface area contributed by atoms with Crippen molar-refractivity contribution >= 4 is 52.1 Å². The first kappa shape index (κ1) is 20.2. The van der Waals surface area contributed by atoms with E-state index in [0.29, 0.717) is 27.4 Å². The summed E-state index contributed by atoms with van der Waals surface area (Å²) in [4.78, 5) is 16.8. The fourth-order valence-electron chi connectivity index (χ4n) is 2.26. The molecule has 0 bridgehead atoms. The first-order valence-corrected chi connectivity index (χ1v) is 9.73. The lowest BCUT2D eigenvalue weighted by Crippen LogP contribution is -2.29. The van der Waals surface area contributed by atoms with Crippen molar-refractivity contribution in [2.45, 2.75) is 0 Å². The minimum absolute atomic E-state index is 0.167. The summed E-state index contributed by atoms with van der Waals surface area (Å²) in [5.74, 6) is 0.991. The second kappa shape index (κ2) is 9.59. The predicted octanol–water partition coefficient (Wildman–Crippen LogP) is 4.41. The highest BCUT2D eigenvalue weighted by Gasteiger charge is 2.15. The second-order valence-electron chi connectivity index (χ2n) is 5.46. The molecule has 0 unspecified atom stereocenters. The molecule has 0 aliphatic heterocycles. The maximum absolute atomic E-state index is 12.5. The number of ether oxygens (including phenoxy) is 2. The molecule has 1 aromatic carbocycles. The van der Waals surface area contributed by atoms with Crippen LogP contribution in [0.4, 0.5) is 11.5 Å². The van der Waals surface area contributed by atoms with E-state index in [0.717, 1.165) is 5.69 Å². The largest absolute Gasteiger partial charge is 0.494 e. The molecule has 7 nitrogen and oxygen atoms in total. The molecule has 28 heavy (non-hydrogen) atoms. The zero-order chi connectivity index (χ0) is 19.9. The van der Waals surface area contributed by atoms with Crippen LogP contribution in [-0.2, 0) is 0 Å². The van der Waals surface area contributed by atoms with Crippen LogP contribution in [0, 0.1) is 0 Å². The lowest BCUT2D eigenvalue weighted by Gasteiger charge is -2.12. The first-order valence-electron chi connectivity index (χ1n) is 8.14. The smallest absolute Gasteiger partial charge is 0.273 e. The Balaban J connectivity index is 1.59. The van der Waals surface area contributed by atoms with Crippen LogP contribution < -0.4 is 20.1 Å². The summed E-state index contributed by atoms with van der Waals surface area (Å²) in [5.41, 5.74) is 0.961. The summed E-state index contributed by atoms with van der Waals surface area (Å²) < 4.78 is 14.8. The number of nitrogens with one attached hydrogen (secondary N) is 2. The van der Waals surface area contributed by atoms with Gasteiger partial charge in [0.25, 0.3) is 5.91 Å². The third kappa shape index (κ3) is 5.25. The molecule has 0 radical (unpaired) electrons. The van der Waals surface area contributed by atoms with Crippen LogP contribution in [-0.4, -0.2) is 35.5 Å². The molecule has 0 aliphatic carbocycles. The Morgan fingerprint density at radius 1 is 1.21 bits per heavy atom. The van der Waals surface area contributed by atoms with Crippen molar-refractivity contribution in [1.29, 1.82) is 0 Å². The van der Waals surface area contributed by atoms with Gasteiger partial charge in [-0.2, -0.15) is 4.37 Å². The fourth-order valence-corrected chi connectivity index (χ4v) is 3.19. The minimum atomic E-state index is -0.380. The SMILES string of the molecule is COc1ccc(Nc2cnsc2)nc1C(=O)NCCOc1ccc(Cl)cc1Cl. The zero-order valence-electron chi connectivity index (χ0n) is 14.7. The molecule has 3 aromatic rings. The zero-order valence-corrected chi connectivity index (χ0v) is 17.1. The lowest BCUT2D eigenvalue weighted by molar-refractivity contribution is 0.0939. The number of benzene rings is 1. The van der Waals surface area contributed by atoms with Gasteiger partial charge < -0.3 is 20.1 Å². The third-order valence-corrected chi connectivity index (χ3v) is 4.65. The van der Waals surface area contributed by atoms with Gasteiger partial charge in [0.1, 0.15) is 23.9 Å². The molecular formula is C18H16Cl2N4O3S. The van der Waals surface area contributed by atoms with E-state index >= 15 is 0 Å². The Kier molecular flexibility index (Phi) is 6.91. The maximum Gasteiger partial charge on any atom is 0.273 e. The number of aromatic nitrogens is 2. The van der Waals surface area contributed by atoms with E-state index in [4.69, 9.17) is 32.7 Å². The Labute approximate surface area is 175 Å². The molecule has 0 saturated carbocycles. The van der Waals surface area contributed by atoms with E-state index in [-0.39, 0.29) is 24.8 Å². The highest BCUT2D eigenvalue weighted by atomic mass is 35.5. The Hall–Kier alpha value is -2.55. The molecule has 2 N–H and O–H groups in total. The molecule has 0 spiro atoms. The first-order chi connectivity index (χ1) is 13.6. The van der Waals surface area contributed by atoms with E-state index in [9.17, 15) is 4.79 Å². The van der Waals surface area contributed by atoms with Crippen LogP contribution in [0.1, 0.15) is 10.5 Å². The van der Waals surface area contributed by atoms with Gasteiger partial charge in [0.15, 0.2) is 5.69 Å². The topological polar surface area (TPSA) is 85.4 Å². The summed E-state index contributed by atoms with van der Waals surface area (Å²) in [5, 5.41) is 8.60. The molecule has 2 heterocycles. The monoisotopic (exact) mass is 438 g/mol. The molecule has 0 fully saturated rings. The number of nitrogens with zero attached hydrogens (tertiary/aromatic N) is 2. The quantitative estimate of drug-likeness (QED) is 0.506. The molecule has 1 amide bonds. The van der Waals surface area contributed by atoms with Crippen LogP contribution in [0.3, 0.4) is 0 Å². The van der Waals surface area contributed by atoms with Crippen LogP contribution in [0.2, 0.25) is 10.0 Å². The average molecular weight is 439 g/mol. The Morgan fingerprint density at radius 2 is 2.04 bits per heavy atom. The number of rotatable bonds is 8. The second-order valence-corrected chi connectivity index (χ2v) is 6.97. The number of carbonyl (C=O) groups is 1. The molecule has 0 aliphatic rings. The summed E-state index contributed by atoms with van der Waals surface area (Å²) in [7, 11) is 1.48. The van der Waals surface area contributed by atoms with E-state index in [1.807, 2.05) is 5.38 Å². The number of methoxy groups -OCH3 is 1. The van der Waals surface area contributed by atoms with E-state index in [2.05, 4.69) is 20.0 Å². The molecule has 0 saturated heterocycles. The van der Waals surface area contributed by atoms with Gasteiger partial charge in [-0.05, 0) is 41.9 Å². The molecule has 146 valence electrons. The number of hydrogen-bond donors (Lipinski definition) is 2. The van der Waals surface area contributed by atoms with Crippen molar-refractivity contribution in [3.63, 3.8) is 0 Å². The van der Waals surface area contributed by atoms with Gasteiger partial charge >= 0.3 is 0 Å². The van der Waals surface area contributed by atoms with E-state index < -0.39 is 0 Å². The van der Waals surface area contributed by atoms with Crippen molar-refractivity contribution in [3.05, 3.63) is 57.6 Å². The Bertz CT molecular complexity index is 954. The van der Waals surface area contributed by atoms with Gasteiger partial charge in [0, 0.05) is 10.4 Å². The van der Waals surface area contributed by atoms with Crippen molar-refractivity contribution in [2.24, 2.45) is 0 Å². The van der Waals surface area contributed by atoms with Crippen molar-refractivity contribution in [2.75, 3.05) is 25.6 Å². The summed E-state index contributed by atoms with van der Waals surface area (Å²) in [6, 6.07) is 8.34. The molecular weight excluding hydrogens is 423 g/mol. The summed E-state index contributed by atoms with van der Waals surface area (Å²) in [6.45, 7) is 0.489. The van der Waals surface area contributed by atoms with E-state index in [1.165, 1.54) is 18.6 Å². The average Bonchev–Trinajstić information content (AvgIpc) is 3.19. The fraction of sp³-hybridized carbons (Fsp3) is 0.167. The standard InChI is InChI=1S/C18H16Cl2N4O3S/c1-26-15-4-5-16(23-12-9-22-28-10-12)24-17(15)18(25)21-6-7-27-14-3-2-11(19)8-13(14)20/h2-5,8-10H,6-7H2,1H3,(H,21,25)(H,23,24). The third-order valence-electron chi connectivity index (χ3n) is 3.54. The number of pyridine rings is 1. The normalized spacial score (nSPS) is 10.4. The summed E-state index contributed by atoms with van der Waals surface area (Å²) >= 11 is 13.2. The van der Waals surface area contributed by atoms with Crippen molar-refractivity contribution < 1.29 is 14.3 Å². The molecule has 10 heteroatoms. The molecule has 0 atom stereocenters. The number of hydrogen-bond acceptors (Lipinski definition) is 7. The van der Waals surface area contributed by atoms with Crippen molar-refractivity contribution in [3.8, 4) is 11.5 Å². The Morgan fingerprint density at radius 3 is 2.75 bits per heavy atom. The van der Waals surface area contributed by atoms with Gasteiger partial charge in [-0.25, -0.2) is 4.98 Å². The minimum Gasteiger partial charge on any atom is -0.494 e. The van der Waals surface area contributed by atoms with E-state index in [1.54, 1.807) is 36.5 Å². The highest BCUT2D eigenvalue weighted by molar-refractivity contribution is 7.04. The van der Waals surface area contributed by atoms with Crippen LogP contribution in [0.5, 0.6) is 11.5 Å². The van der Waals surface area contributed by atoms with Gasteiger partial charge in [-0.1, -0.05) is 23.2 Å². The van der Waals surface area contributed by atoms with Crippen molar-refractivity contribution in [1.82, 2.24) is 14.7 Å².